The Morgan fingerprint density at radius 1 is 1.15 bits per heavy atom. The molecule has 0 aromatic heterocycles. The molecule has 27 heavy (non-hydrogen) atoms. The van der Waals surface area contributed by atoms with Gasteiger partial charge in [-0.25, -0.2) is 8.42 Å². The van der Waals surface area contributed by atoms with Gasteiger partial charge >= 0.3 is 5.97 Å². The van der Waals surface area contributed by atoms with Crippen molar-refractivity contribution in [3.05, 3.63) is 47.5 Å². The van der Waals surface area contributed by atoms with E-state index in [4.69, 9.17) is 25.8 Å². The number of hydrogen-bond donors (Lipinski definition) is 0. The van der Waals surface area contributed by atoms with Gasteiger partial charge in [0.2, 0.25) is 10.0 Å². The standard InChI is InChI=1S/C18H18ClNO6S/c1-20(12-18(21)26-14-5-2-4-13(19)10-14)27(22,23)15-6-7-16-17(11-15)25-9-3-8-24-16/h2,4-7,10-11H,3,8-9,12H2,1H3. The number of nitrogens with zero attached hydrogens (tertiary/aromatic N) is 1. The van der Waals surface area contributed by atoms with Crippen LogP contribution in [0.1, 0.15) is 6.42 Å². The minimum absolute atomic E-state index is 0.00445. The van der Waals surface area contributed by atoms with Crippen molar-refractivity contribution in [3.63, 3.8) is 0 Å². The van der Waals surface area contributed by atoms with Gasteiger partial charge in [0.15, 0.2) is 11.5 Å². The Balaban J connectivity index is 1.72. The highest BCUT2D eigenvalue weighted by molar-refractivity contribution is 7.89. The minimum atomic E-state index is -3.91. The molecule has 1 aliphatic rings. The summed E-state index contributed by atoms with van der Waals surface area (Å²) >= 11 is 5.84. The quantitative estimate of drug-likeness (QED) is 0.555. The Morgan fingerprint density at radius 3 is 2.63 bits per heavy atom. The molecule has 0 saturated carbocycles. The number of benzene rings is 2. The Bertz CT molecular complexity index is 947. The van der Waals surface area contributed by atoms with E-state index in [2.05, 4.69) is 0 Å². The van der Waals surface area contributed by atoms with E-state index in [-0.39, 0.29) is 10.6 Å². The molecule has 0 N–H and O–H groups in total. The lowest BCUT2D eigenvalue weighted by Gasteiger charge is -2.17. The van der Waals surface area contributed by atoms with Crippen molar-refractivity contribution in [1.29, 1.82) is 0 Å². The molecule has 2 aromatic rings. The zero-order valence-electron chi connectivity index (χ0n) is 14.6. The predicted molar refractivity (Wildman–Crippen MR) is 99.0 cm³/mol. The van der Waals surface area contributed by atoms with Crippen LogP contribution in [0, 0.1) is 0 Å². The summed E-state index contributed by atoms with van der Waals surface area (Å²) in [6.07, 6.45) is 0.714. The molecule has 1 heterocycles. The Morgan fingerprint density at radius 2 is 1.89 bits per heavy atom. The van der Waals surface area contributed by atoms with Gasteiger partial charge in [0.25, 0.3) is 0 Å². The SMILES string of the molecule is CN(CC(=O)Oc1cccc(Cl)c1)S(=O)(=O)c1ccc2c(c1)OCCCO2. The fourth-order valence-corrected chi connectivity index (χ4v) is 3.76. The van der Waals surface area contributed by atoms with E-state index in [1.807, 2.05) is 0 Å². The Hall–Kier alpha value is -2.29. The second kappa shape index (κ2) is 8.16. The molecule has 0 spiro atoms. The van der Waals surface area contributed by atoms with Crippen LogP contribution in [0.5, 0.6) is 17.2 Å². The molecule has 0 atom stereocenters. The number of likely N-dealkylation sites (N-methyl/N-ethyl adjacent to an activating group) is 1. The third kappa shape index (κ3) is 4.71. The zero-order chi connectivity index (χ0) is 19.4. The van der Waals surface area contributed by atoms with E-state index < -0.39 is 22.5 Å². The Kier molecular flexibility index (Phi) is 5.88. The maximum absolute atomic E-state index is 12.7. The van der Waals surface area contributed by atoms with Crippen LogP contribution >= 0.6 is 11.6 Å². The number of hydrogen-bond acceptors (Lipinski definition) is 6. The van der Waals surface area contributed by atoms with Gasteiger partial charge in [-0.05, 0) is 30.3 Å². The van der Waals surface area contributed by atoms with Gasteiger partial charge in [0.05, 0.1) is 18.1 Å². The third-order valence-corrected chi connectivity index (χ3v) is 5.84. The maximum atomic E-state index is 12.7. The maximum Gasteiger partial charge on any atom is 0.326 e. The lowest BCUT2D eigenvalue weighted by atomic mass is 10.3. The molecule has 0 bridgehead atoms. The lowest BCUT2D eigenvalue weighted by Crippen LogP contribution is -2.34. The fraction of sp³-hybridized carbons (Fsp3) is 0.278. The largest absolute Gasteiger partial charge is 0.490 e. The summed E-state index contributed by atoms with van der Waals surface area (Å²) < 4.78 is 42.6. The highest BCUT2D eigenvalue weighted by atomic mass is 35.5. The number of ether oxygens (including phenoxy) is 3. The first-order valence-corrected chi connectivity index (χ1v) is 10.0. The third-order valence-electron chi connectivity index (χ3n) is 3.81. The first-order valence-electron chi connectivity index (χ1n) is 8.18. The summed E-state index contributed by atoms with van der Waals surface area (Å²) in [5, 5.41) is 0.411. The number of carbonyl (C=O) groups excluding carboxylic acids is 1. The van der Waals surface area contributed by atoms with Gasteiger partial charge < -0.3 is 14.2 Å². The van der Waals surface area contributed by atoms with Crippen LogP contribution in [0.2, 0.25) is 5.02 Å². The summed E-state index contributed by atoms with van der Waals surface area (Å²) in [7, 11) is -2.61. The van der Waals surface area contributed by atoms with Gasteiger partial charge in [-0.3, -0.25) is 4.79 Å². The van der Waals surface area contributed by atoms with Crippen molar-refractivity contribution in [2.75, 3.05) is 26.8 Å². The lowest BCUT2D eigenvalue weighted by molar-refractivity contribution is -0.134. The molecule has 0 unspecified atom stereocenters. The van der Waals surface area contributed by atoms with Crippen LogP contribution in [0.3, 0.4) is 0 Å². The Labute approximate surface area is 162 Å². The topological polar surface area (TPSA) is 82.1 Å². The average molecular weight is 412 g/mol. The van der Waals surface area contributed by atoms with Gasteiger partial charge in [-0.1, -0.05) is 17.7 Å². The van der Waals surface area contributed by atoms with Crippen LogP contribution in [0.15, 0.2) is 47.4 Å². The number of fused-ring (bicyclic) bond motifs is 1. The first kappa shape index (κ1) is 19.5. The van der Waals surface area contributed by atoms with E-state index in [1.165, 1.54) is 25.2 Å². The average Bonchev–Trinajstić information content (AvgIpc) is 2.86. The first-order chi connectivity index (χ1) is 12.9. The molecule has 0 saturated heterocycles. The number of rotatable bonds is 5. The minimum Gasteiger partial charge on any atom is -0.490 e. The molecule has 2 aromatic carbocycles. The fourth-order valence-electron chi connectivity index (χ4n) is 2.45. The molecule has 7 nitrogen and oxygen atoms in total. The van der Waals surface area contributed by atoms with Crippen molar-refractivity contribution in [2.24, 2.45) is 0 Å². The molecular weight excluding hydrogens is 394 g/mol. The van der Waals surface area contributed by atoms with Crippen molar-refractivity contribution in [3.8, 4) is 17.2 Å². The summed E-state index contributed by atoms with van der Waals surface area (Å²) in [5.41, 5.74) is 0. The number of carbonyl (C=O) groups is 1. The summed E-state index contributed by atoms with van der Waals surface area (Å²) in [5.74, 6) is 0.379. The van der Waals surface area contributed by atoms with Crippen molar-refractivity contribution < 1.29 is 27.4 Å². The van der Waals surface area contributed by atoms with E-state index in [9.17, 15) is 13.2 Å². The van der Waals surface area contributed by atoms with Crippen molar-refractivity contribution >= 4 is 27.6 Å². The van der Waals surface area contributed by atoms with Crippen molar-refractivity contribution in [1.82, 2.24) is 4.31 Å². The van der Waals surface area contributed by atoms with Crippen LogP contribution in [-0.2, 0) is 14.8 Å². The zero-order valence-corrected chi connectivity index (χ0v) is 16.1. The van der Waals surface area contributed by atoms with E-state index >= 15 is 0 Å². The normalized spacial score (nSPS) is 13.9. The summed E-state index contributed by atoms with van der Waals surface area (Å²) in [6.45, 7) is 0.496. The van der Waals surface area contributed by atoms with Gasteiger partial charge in [0, 0.05) is 24.6 Å². The van der Waals surface area contributed by atoms with Gasteiger partial charge in [0.1, 0.15) is 12.3 Å². The second-order valence-electron chi connectivity index (χ2n) is 5.85. The van der Waals surface area contributed by atoms with Crippen molar-refractivity contribution in [2.45, 2.75) is 11.3 Å². The van der Waals surface area contributed by atoms with E-state index in [1.54, 1.807) is 24.3 Å². The molecular formula is C18H18ClNO6S. The molecule has 9 heteroatoms. The van der Waals surface area contributed by atoms with E-state index in [0.717, 1.165) is 4.31 Å². The van der Waals surface area contributed by atoms with Gasteiger partial charge in [-0.15, -0.1) is 0 Å². The van der Waals surface area contributed by atoms with Crippen LogP contribution in [0.4, 0.5) is 0 Å². The second-order valence-corrected chi connectivity index (χ2v) is 8.33. The molecule has 0 radical (unpaired) electrons. The summed E-state index contributed by atoms with van der Waals surface area (Å²) in [4.78, 5) is 12.1. The predicted octanol–water partition coefficient (Wildman–Crippen LogP) is 2.73. The monoisotopic (exact) mass is 411 g/mol. The van der Waals surface area contributed by atoms with Crippen LogP contribution in [0.25, 0.3) is 0 Å². The number of esters is 1. The van der Waals surface area contributed by atoms with Crippen LogP contribution < -0.4 is 14.2 Å². The number of halogens is 1. The highest BCUT2D eigenvalue weighted by Gasteiger charge is 2.25. The molecule has 0 amide bonds. The molecule has 1 aliphatic heterocycles. The highest BCUT2D eigenvalue weighted by Crippen LogP contribution is 2.32. The molecule has 0 aliphatic carbocycles. The molecule has 144 valence electrons. The van der Waals surface area contributed by atoms with E-state index in [0.29, 0.717) is 36.2 Å². The number of sulfonamides is 1. The smallest absolute Gasteiger partial charge is 0.326 e. The van der Waals surface area contributed by atoms with Gasteiger partial charge in [-0.2, -0.15) is 4.31 Å². The summed E-state index contributed by atoms with van der Waals surface area (Å²) in [6, 6.07) is 10.7. The molecule has 3 rings (SSSR count). The van der Waals surface area contributed by atoms with Crippen LogP contribution in [-0.4, -0.2) is 45.5 Å². The molecule has 0 fully saturated rings.